The molecule has 0 aromatic carbocycles. The molecule has 3 unspecified atom stereocenters. The van der Waals surface area contributed by atoms with Crippen LogP contribution in [0, 0.1) is 17.8 Å². The predicted octanol–water partition coefficient (Wildman–Crippen LogP) is 4.16. The zero-order valence-electron chi connectivity index (χ0n) is 21.3. The Morgan fingerprint density at radius 3 is 2.12 bits per heavy atom. The average molecular weight is 477 g/mol. The van der Waals surface area contributed by atoms with Crippen molar-refractivity contribution in [2.24, 2.45) is 17.8 Å². The van der Waals surface area contributed by atoms with Gasteiger partial charge in [0.25, 0.3) is 0 Å². The van der Waals surface area contributed by atoms with Crippen molar-refractivity contribution in [2.45, 2.75) is 77.4 Å². The zero-order valence-corrected chi connectivity index (χ0v) is 21.3. The van der Waals surface area contributed by atoms with Crippen LogP contribution in [-0.4, -0.2) is 60.5 Å². The summed E-state index contributed by atoms with van der Waals surface area (Å²) >= 11 is 0. The van der Waals surface area contributed by atoms with Crippen LogP contribution in [0.1, 0.15) is 65.7 Å². The molecule has 7 heteroatoms. The molecular formula is C27H44N2O5. The molecule has 4 aliphatic carbocycles. The Balaban J connectivity index is 0.000000440. The third-order valence-corrected chi connectivity index (χ3v) is 7.37. The summed E-state index contributed by atoms with van der Waals surface area (Å²) in [5.41, 5.74) is 3.04. The van der Waals surface area contributed by atoms with E-state index in [0.29, 0.717) is 18.2 Å². The van der Waals surface area contributed by atoms with Crippen LogP contribution in [0.3, 0.4) is 0 Å². The van der Waals surface area contributed by atoms with Gasteiger partial charge in [-0.15, -0.1) is 0 Å². The van der Waals surface area contributed by atoms with Crippen molar-refractivity contribution in [1.82, 2.24) is 10.6 Å². The van der Waals surface area contributed by atoms with Gasteiger partial charge in [0, 0.05) is 44.9 Å². The summed E-state index contributed by atoms with van der Waals surface area (Å²) in [7, 11) is 1.95. The van der Waals surface area contributed by atoms with Crippen LogP contribution in [0.5, 0.6) is 0 Å². The summed E-state index contributed by atoms with van der Waals surface area (Å²) in [6.07, 6.45) is 15.0. The van der Waals surface area contributed by atoms with Gasteiger partial charge in [0.2, 0.25) is 0 Å². The van der Waals surface area contributed by atoms with E-state index in [1.165, 1.54) is 49.7 Å². The highest BCUT2D eigenvalue weighted by molar-refractivity contribution is 5.89. The van der Waals surface area contributed by atoms with Gasteiger partial charge < -0.3 is 25.6 Å². The first-order valence-electron chi connectivity index (χ1n) is 12.6. The number of carboxylic acid groups (broad SMARTS) is 2. The smallest absolute Gasteiger partial charge is 0.328 e. The normalized spacial score (nSPS) is 29.6. The largest absolute Gasteiger partial charge is 0.478 e. The lowest BCUT2D eigenvalue weighted by atomic mass is 9.52. The number of rotatable bonds is 12. The fourth-order valence-corrected chi connectivity index (χ4v) is 6.11. The third kappa shape index (κ3) is 9.01. The van der Waals surface area contributed by atoms with Gasteiger partial charge in [-0.05, 0) is 83.5 Å². The maximum Gasteiger partial charge on any atom is 0.328 e. The molecule has 4 bridgehead atoms. The summed E-state index contributed by atoms with van der Waals surface area (Å²) in [5.74, 6) is 0.198. The second-order valence-electron chi connectivity index (χ2n) is 10.4. The SMILES string of the molecule is COC12CC3CC(CC(C3)C1NCCNC/C=C(\C)CCC=C(C)C)C2.O=C(O)/C=C\C(=O)O. The summed E-state index contributed by atoms with van der Waals surface area (Å²) in [5, 5.41) is 23.1. The molecule has 0 heterocycles. The fourth-order valence-electron chi connectivity index (χ4n) is 6.11. The molecule has 3 atom stereocenters. The van der Waals surface area contributed by atoms with Crippen LogP contribution in [0.15, 0.2) is 35.5 Å². The Morgan fingerprint density at radius 2 is 1.59 bits per heavy atom. The molecule has 0 radical (unpaired) electrons. The molecule has 0 aliphatic heterocycles. The topological polar surface area (TPSA) is 108 Å². The highest BCUT2D eigenvalue weighted by Crippen LogP contribution is 2.56. The number of carbonyl (C=O) groups is 2. The van der Waals surface area contributed by atoms with Crippen molar-refractivity contribution in [1.29, 1.82) is 0 Å². The summed E-state index contributed by atoms with van der Waals surface area (Å²) in [6, 6.07) is 0.573. The number of aliphatic carboxylic acids is 2. The number of nitrogens with one attached hydrogen (secondary N) is 2. The maximum absolute atomic E-state index is 9.55. The van der Waals surface area contributed by atoms with Crippen LogP contribution in [-0.2, 0) is 14.3 Å². The van der Waals surface area contributed by atoms with E-state index in [9.17, 15) is 9.59 Å². The lowest BCUT2D eigenvalue weighted by Crippen LogP contribution is -2.66. The van der Waals surface area contributed by atoms with Crippen molar-refractivity contribution in [3.05, 3.63) is 35.5 Å². The molecule has 0 aromatic rings. The third-order valence-electron chi connectivity index (χ3n) is 7.37. The van der Waals surface area contributed by atoms with Gasteiger partial charge in [0.15, 0.2) is 0 Å². The molecular weight excluding hydrogens is 432 g/mol. The Kier molecular flexibility index (Phi) is 11.5. The molecule has 4 rings (SSSR count). The first kappa shape index (κ1) is 28.3. The van der Waals surface area contributed by atoms with Crippen molar-refractivity contribution in [3.8, 4) is 0 Å². The van der Waals surface area contributed by atoms with Crippen LogP contribution < -0.4 is 10.6 Å². The van der Waals surface area contributed by atoms with Crippen LogP contribution in [0.25, 0.3) is 0 Å². The van der Waals surface area contributed by atoms with Gasteiger partial charge in [-0.1, -0.05) is 23.3 Å². The van der Waals surface area contributed by atoms with E-state index < -0.39 is 11.9 Å². The van der Waals surface area contributed by atoms with E-state index in [1.54, 1.807) is 0 Å². The Hall–Kier alpha value is -1.96. The van der Waals surface area contributed by atoms with Crippen LogP contribution in [0.4, 0.5) is 0 Å². The summed E-state index contributed by atoms with van der Waals surface area (Å²) < 4.78 is 6.13. The minimum atomic E-state index is -1.26. The van der Waals surface area contributed by atoms with Crippen molar-refractivity contribution in [2.75, 3.05) is 26.7 Å². The van der Waals surface area contributed by atoms with Gasteiger partial charge in [0.05, 0.1) is 5.60 Å². The number of methoxy groups -OCH3 is 1. The molecule has 192 valence electrons. The summed E-state index contributed by atoms with van der Waals surface area (Å²) in [4.78, 5) is 19.1. The monoisotopic (exact) mass is 476 g/mol. The quantitative estimate of drug-likeness (QED) is 0.190. The number of hydrogen-bond acceptors (Lipinski definition) is 5. The van der Waals surface area contributed by atoms with E-state index in [1.807, 2.05) is 7.11 Å². The molecule has 4 fully saturated rings. The van der Waals surface area contributed by atoms with E-state index in [2.05, 4.69) is 43.6 Å². The highest BCUT2D eigenvalue weighted by Gasteiger charge is 2.57. The highest BCUT2D eigenvalue weighted by atomic mass is 16.5. The van der Waals surface area contributed by atoms with E-state index >= 15 is 0 Å². The molecule has 4 aliphatic rings. The zero-order chi connectivity index (χ0) is 25.1. The maximum atomic E-state index is 9.55. The first-order chi connectivity index (χ1) is 16.1. The summed E-state index contributed by atoms with van der Waals surface area (Å²) in [6.45, 7) is 9.65. The van der Waals surface area contributed by atoms with Crippen LogP contribution >= 0.6 is 0 Å². The molecule has 7 nitrogen and oxygen atoms in total. The minimum absolute atomic E-state index is 0.135. The predicted molar refractivity (Wildman–Crippen MR) is 135 cm³/mol. The number of hydrogen-bond donors (Lipinski definition) is 4. The van der Waals surface area contributed by atoms with Crippen molar-refractivity contribution < 1.29 is 24.5 Å². The standard InChI is InChI=1S/C23H40N2O.C4H4O4/c1-17(2)6-5-7-18(3)8-9-24-10-11-25-22-21-13-19-12-20(14-21)16-23(22,15-19)26-4;5-3(6)1-2-4(7)8/h6,8,19-22,24-25H,5,7,9-16H2,1-4H3;1-2H,(H,5,6)(H,7,8)/b18-8+;2-1-. The minimum Gasteiger partial charge on any atom is -0.478 e. The first-order valence-corrected chi connectivity index (χ1v) is 12.6. The molecule has 0 amide bonds. The Morgan fingerprint density at radius 1 is 0.971 bits per heavy atom. The molecule has 0 aromatic heterocycles. The lowest BCUT2D eigenvalue weighted by molar-refractivity contribution is -0.168. The van der Waals surface area contributed by atoms with Gasteiger partial charge in [-0.2, -0.15) is 0 Å². The van der Waals surface area contributed by atoms with E-state index in [-0.39, 0.29) is 5.60 Å². The Labute approximate surface area is 204 Å². The second kappa shape index (κ2) is 13.8. The van der Waals surface area contributed by atoms with Gasteiger partial charge in [0.1, 0.15) is 0 Å². The van der Waals surface area contributed by atoms with E-state index in [4.69, 9.17) is 14.9 Å². The fraction of sp³-hybridized carbons (Fsp3) is 0.704. The molecule has 4 saturated carbocycles. The van der Waals surface area contributed by atoms with Crippen molar-refractivity contribution in [3.63, 3.8) is 0 Å². The molecule has 4 N–H and O–H groups in total. The molecule has 34 heavy (non-hydrogen) atoms. The second-order valence-corrected chi connectivity index (χ2v) is 10.4. The molecule has 0 spiro atoms. The van der Waals surface area contributed by atoms with Crippen molar-refractivity contribution >= 4 is 11.9 Å². The number of allylic oxidation sites excluding steroid dienone is 3. The van der Waals surface area contributed by atoms with Gasteiger partial charge in [-0.3, -0.25) is 0 Å². The van der Waals surface area contributed by atoms with Gasteiger partial charge in [-0.25, -0.2) is 9.59 Å². The Bertz CT molecular complexity index is 739. The molecule has 0 saturated heterocycles. The number of ether oxygens (including phenoxy) is 1. The number of carboxylic acids is 2. The van der Waals surface area contributed by atoms with E-state index in [0.717, 1.165) is 43.8 Å². The van der Waals surface area contributed by atoms with Gasteiger partial charge >= 0.3 is 11.9 Å². The van der Waals surface area contributed by atoms with Crippen LogP contribution in [0.2, 0.25) is 0 Å². The lowest BCUT2D eigenvalue weighted by Gasteiger charge is -2.60. The average Bonchev–Trinajstić information content (AvgIpc) is 2.76.